The third-order valence-corrected chi connectivity index (χ3v) is 6.20. The number of nitrogens with zero attached hydrogens (tertiary/aromatic N) is 5. The van der Waals surface area contributed by atoms with Crippen LogP contribution in [0.15, 0.2) is 30.9 Å². The predicted octanol–water partition coefficient (Wildman–Crippen LogP) is 3.55. The van der Waals surface area contributed by atoms with Crippen molar-refractivity contribution in [2.24, 2.45) is 0 Å². The maximum atomic E-state index is 13.7. The van der Waals surface area contributed by atoms with Gasteiger partial charge in [-0.2, -0.15) is 23.1 Å². The van der Waals surface area contributed by atoms with Gasteiger partial charge in [0.1, 0.15) is 5.82 Å². The van der Waals surface area contributed by atoms with Crippen LogP contribution in [-0.4, -0.2) is 60.6 Å². The molecule has 1 aromatic heterocycles. The Bertz CT molecular complexity index is 1070. The number of benzene rings is 1. The Labute approximate surface area is 194 Å². The molecule has 1 fully saturated rings. The molecule has 0 spiro atoms. The summed E-state index contributed by atoms with van der Waals surface area (Å²) in [6.45, 7) is 6.24. The van der Waals surface area contributed by atoms with Crippen LogP contribution in [0.25, 0.3) is 0 Å². The fourth-order valence-corrected chi connectivity index (χ4v) is 4.55. The smallest absolute Gasteiger partial charge is 0.419 e. The van der Waals surface area contributed by atoms with E-state index in [-0.39, 0.29) is 29.2 Å². The molecule has 0 N–H and O–H groups in total. The Morgan fingerprint density at radius 3 is 2.52 bits per heavy atom. The number of fused-ring (bicyclic) bond motifs is 1. The van der Waals surface area contributed by atoms with Gasteiger partial charge in [-0.3, -0.25) is 4.79 Å². The normalized spacial score (nSPS) is 16.5. The van der Waals surface area contributed by atoms with Crippen LogP contribution >= 0.6 is 11.6 Å². The van der Waals surface area contributed by atoms with Crippen LogP contribution in [0.3, 0.4) is 0 Å². The minimum atomic E-state index is -4.58. The topological polar surface area (TPSA) is 61.8 Å². The fourth-order valence-electron chi connectivity index (χ4n) is 4.27. The molecule has 3 heterocycles. The third kappa shape index (κ3) is 4.57. The van der Waals surface area contributed by atoms with Crippen molar-refractivity contribution in [3.63, 3.8) is 0 Å². The number of carbonyl (C=O) groups is 1. The minimum absolute atomic E-state index is 0.0244. The van der Waals surface area contributed by atoms with E-state index in [0.29, 0.717) is 50.7 Å². The highest BCUT2D eigenvalue weighted by Crippen LogP contribution is 2.42. The molecule has 2 aromatic rings. The maximum absolute atomic E-state index is 13.7. The van der Waals surface area contributed by atoms with Gasteiger partial charge in [-0.05, 0) is 24.6 Å². The SMILES string of the molecule is C=CC(=O)N1CCN(c2nc(OC)nc3c2CCN(c2cccc(Cl)c2C(F)(F)F)C3)CC1. The number of rotatable bonds is 4. The molecule has 33 heavy (non-hydrogen) atoms. The summed E-state index contributed by atoms with van der Waals surface area (Å²) in [4.78, 5) is 26.3. The lowest BCUT2D eigenvalue weighted by Crippen LogP contribution is -2.49. The molecule has 1 aromatic carbocycles. The molecular weight excluding hydrogens is 459 g/mol. The van der Waals surface area contributed by atoms with E-state index in [9.17, 15) is 18.0 Å². The summed E-state index contributed by atoms with van der Waals surface area (Å²) in [5.41, 5.74) is 0.669. The monoisotopic (exact) mass is 481 g/mol. The van der Waals surface area contributed by atoms with Gasteiger partial charge in [-0.25, -0.2) is 0 Å². The number of halogens is 4. The van der Waals surface area contributed by atoms with E-state index in [4.69, 9.17) is 16.3 Å². The first kappa shape index (κ1) is 23.2. The lowest BCUT2D eigenvalue weighted by molar-refractivity contribution is -0.137. The van der Waals surface area contributed by atoms with Crippen LogP contribution in [0, 0.1) is 0 Å². The highest BCUT2D eigenvalue weighted by atomic mass is 35.5. The van der Waals surface area contributed by atoms with Gasteiger partial charge in [0.2, 0.25) is 5.91 Å². The molecular formula is C22H23ClF3N5O2. The van der Waals surface area contributed by atoms with E-state index in [1.54, 1.807) is 9.80 Å². The van der Waals surface area contributed by atoms with Crippen LogP contribution < -0.4 is 14.5 Å². The molecule has 0 atom stereocenters. The number of anilines is 2. The van der Waals surface area contributed by atoms with Crippen molar-refractivity contribution < 1.29 is 22.7 Å². The number of aromatic nitrogens is 2. The second-order valence-corrected chi connectivity index (χ2v) is 8.19. The molecule has 176 valence electrons. The molecule has 2 aliphatic rings. The van der Waals surface area contributed by atoms with E-state index in [2.05, 4.69) is 21.4 Å². The zero-order valence-electron chi connectivity index (χ0n) is 18.0. The first-order valence-corrected chi connectivity index (χ1v) is 10.8. The van der Waals surface area contributed by atoms with Crippen molar-refractivity contribution >= 4 is 29.0 Å². The number of hydrogen-bond acceptors (Lipinski definition) is 6. The molecule has 0 aliphatic carbocycles. The molecule has 0 bridgehead atoms. The van der Waals surface area contributed by atoms with E-state index in [0.717, 1.165) is 5.56 Å². The lowest BCUT2D eigenvalue weighted by atomic mass is 10.0. The summed E-state index contributed by atoms with van der Waals surface area (Å²) in [6, 6.07) is 4.33. The first-order valence-electron chi connectivity index (χ1n) is 10.4. The van der Waals surface area contributed by atoms with Crippen molar-refractivity contribution in [1.82, 2.24) is 14.9 Å². The lowest BCUT2D eigenvalue weighted by Gasteiger charge is -2.38. The summed E-state index contributed by atoms with van der Waals surface area (Å²) in [6.07, 6.45) is -2.82. The van der Waals surface area contributed by atoms with Crippen molar-refractivity contribution in [3.05, 3.63) is 52.7 Å². The van der Waals surface area contributed by atoms with Gasteiger partial charge in [0.25, 0.3) is 0 Å². The molecule has 4 rings (SSSR count). The number of piperazine rings is 1. The number of methoxy groups -OCH3 is 1. The summed E-state index contributed by atoms with van der Waals surface area (Å²) in [5, 5.41) is -0.335. The molecule has 1 saturated heterocycles. The average molecular weight is 482 g/mol. The van der Waals surface area contributed by atoms with Gasteiger partial charge in [-0.15, -0.1) is 0 Å². The number of alkyl halides is 3. The molecule has 0 saturated carbocycles. The van der Waals surface area contributed by atoms with Crippen LogP contribution in [-0.2, 0) is 23.9 Å². The van der Waals surface area contributed by atoms with Crippen LogP contribution in [0.5, 0.6) is 6.01 Å². The van der Waals surface area contributed by atoms with Gasteiger partial charge in [0.05, 0.1) is 35.6 Å². The molecule has 2 aliphatic heterocycles. The molecule has 7 nitrogen and oxygen atoms in total. The van der Waals surface area contributed by atoms with Gasteiger partial charge >= 0.3 is 12.2 Å². The number of amides is 1. The van der Waals surface area contributed by atoms with Gasteiger partial charge in [0, 0.05) is 38.3 Å². The van der Waals surface area contributed by atoms with Crippen molar-refractivity contribution in [3.8, 4) is 6.01 Å². The standard InChI is InChI=1S/C22H23ClF3N5O2/c1-3-18(32)29-9-11-30(12-10-29)20-14-7-8-31(13-16(14)27-21(28-20)33-2)17-6-4-5-15(23)19(17)22(24,25)26/h3-6H,1,7-13H2,2H3. The molecule has 0 radical (unpaired) electrons. The summed E-state index contributed by atoms with van der Waals surface area (Å²) >= 11 is 5.92. The van der Waals surface area contributed by atoms with E-state index >= 15 is 0 Å². The number of carbonyl (C=O) groups excluding carboxylic acids is 1. The van der Waals surface area contributed by atoms with Crippen LogP contribution in [0.2, 0.25) is 5.02 Å². The quantitative estimate of drug-likeness (QED) is 0.622. The fraction of sp³-hybridized carbons (Fsp3) is 0.409. The maximum Gasteiger partial charge on any atom is 0.419 e. The second-order valence-electron chi connectivity index (χ2n) is 7.78. The Hall–Kier alpha value is -3.01. The summed E-state index contributed by atoms with van der Waals surface area (Å²) < 4.78 is 46.4. The average Bonchev–Trinajstić information content (AvgIpc) is 2.81. The van der Waals surface area contributed by atoms with Crippen molar-refractivity contribution in [2.45, 2.75) is 19.1 Å². The molecule has 11 heteroatoms. The Morgan fingerprint density at radius 1 is 1.15 bits per heavy atom. The Morgan fingerprint density at radius 2 is 1.88 bits per heavy atom. The number of hydrogen-bond donors (Lipinski definition) is 0. The Balaban J connectivity index is 1.64. The minimum Gasteiger partial charge on any atom is -0.467 e. The van der Waals surface area contributed by atoms with Gasteiger partial charge in [-0.1, -0.05) is 24.2 Å². The first-order chi connectivity index (χ1) is 15.7. The molecule has 1 amide bonds. The third-order valence-electron chi connectivity index (χ3n) is 5.89. The Kier molecular flexibility index (Phi) is 6.38. The molecule has 0 unspecified atom stereocenters. The van der Waals surface area contributed by atoms with Crippen LogP contribution in [0.1, 0.15) is 16.8 Å². The second kappa shape index (κ2) is 9.09. The van der Waals surface area contributed by atoms with Gasteiger partial charge in [0.15, 0.2) is 0 Å². The number of ether oxygens (including phenoxy) is 1. The van der Waals surface area contributed by atoms with Crippen molar-refractivity contribution in [2.75, 3.05) is 49.6 Å². The largest absolute Gasteiger partial charge is 0.467 e. The van der Waals surface area contributed by atoms with E-state index in [1.165, 1.54) is 31.4 Å². The van der Waals surface area contributed by atoms with E-state index < -0.39 is 11.7 Å². The highest BCUT2D eigenvalue weighted by molar-refractivity contribution is 6.31. The van der Waals surface area contributed by atoms with Crippen molar-refractivity contribution in [1.29, 1.82) is 0 Å². The summed E-state index contributed by atoms with van der Waals surface area (Å²) in [7, 11) is 1.45. The zero-order valence-corrected chi connectivity index (χ0v) is 18.8. The predicted molar refractivity (Wildman–Crippen MR) is 119 cm³/mol. The zero-order chi connectivity index (χ0) is 23.8. The van der Waals surface area contributed by atoms with Crippen LogP contribution in [0.4, 0.5) is 24.7 Å². The van der Waals surface area contributed by atoms with E-state index in [1.807, 2.05) is 0 Å². The van der Waals surface area contributed by atoms with Gasteiger partial charge < -0.3 is 19.4 Å². The summed E-state index contributed by atoms with van der Waals surface area (Å²) in [5.74, 6) is 0.582. The highest BCUT2D eigenvalue weighted by Gasteiger charge is 2.38.